The van der Waals surface area contributed by atoms with Crippen LogP contribution in [0.3, 0.4) is 0 Å². The molecule has 1 aromatic heterocycles. The molecule has 0 aliphatic rings. The van der Waals surface area contributed by atoms with Crippen molar-refractivity contribution in [1.29, 1.82) is 0 Å². The van der Waals surface area contributed by atoms with E-state index in [2.05, 4.69) is 22.4 Å². The van der Waals surface area contributed by atoms with Crippen LogP contribution in [-0.4, -0.2) is 22.8 Å². The van der Waals surface area contributed by atoms with Crippen molar-refractivity contribution < 1.29 is 4.74 Å². The van der Waals surface area contributed by atoms with Crippen molar-refractivity contribution in [3.8, 4) is 5.75 Å². The first-order valence-electron chi connectivity index (χ1n) is 6.92. The minimum atomic E-state index is 0.111. The SMILES string of the molecule is Cc1ccc(OCC(C)Nc2nnc(Cl)c(C)c2C)cc1. The van der Waals surface area contributed by atoms with Gasteiger partial charge in [-0.1, -0.05) is 29.3 Å². The van der Waals surface area contributed by atoms with Gasteiger partial charge >= 0.3 is 0 Å². The summed E-state index contributed by atoms with van der Waals surface area (Å²) in [6, 6.07) is 8.12. The molecule has 0 spiro atoms. The van der Waals surface area contributed by atoms with E-state index in [1.807, 2.05) is 45.0 Å². The number of ether oxygens (including phenoxy) is 1. The van der Waals surface area contributed by atoms with Gasteiger partial charge in [0.1, 0.15) is 12.4 Å². The van der Waals surface area contributed by atoms with E-state index in [1.165, 1.54) is 5.56 Å². The fourth-order valence-electron chi connectivity index (χ4n) is 1.84. The minimum Gasteiger partial charge on any atom is -0.491 e. The molecule has 1 heterocycles. The van der Waals surface area contributed by atoms with Crippen LogP contribution in [0.25, 0.3) is 0 Å². The normalized spacial score (nSPS) is 12.0. The van der Waals surface area contributed by atoms with Gasteiger partial charge in [-0.3, -0.25) is 0 Å². The lowest BCUT2D eigenvalue weighted by Crippen LogP contribution is -2.25. The summed E-state index contributed by atoms with van der Waals surface area (Å²) >= 11 is 5.95. The van der Waals surface area contributed by atoms with E-state index in [1.54, 1.807) is 0 Å². The third-order valence-corrected chi connectivity index (χ3v) is 3.73. The van der Waals surface area contributed by atoms with Gasteiger partial charge in [0.05, 0.1) is 6.04 Å². The second kappa shape index (κ2) is 6.76. The summed E-state index contributed by atoms with van der Waals surface area (Å²) in [4.78, 5) is 0. The highest BCUT2D eigenvalue weighted by molar-refractivity contribution is 6.30. The fraction of sp³-hybridized carbons (Fsp3) is 0.375. The van der Waals surface area contributed by atoms with Gasteiger partial charge in [0.2, 0.25) is 0 Å². The summed E-state index contributed by atoms with van der Waals surface area (Å²) in [5, 5.41) is 11.8. The number of hydrogen-bond acceptors (Lipinski definition) is 4. The number of aryl methyl sites for hydroxylation is 1. The van der Waals surface area contributed by atoms with E-state index < -0.39 is 0 Å². The number of benzene rings is 1. The maximum atomic E-state index is 5.95. The largest absolute Gasteiger partial charge is 0.491 e. The van der Waals surface area contributed by atoms with Gasteiger partial charge in [-0.05, 0) is 51.0 Å². The summed E-state index contributed by atoms with van der Waals surface area (Å²) < 4.78 is 5.75. The van der Waals surface area contributed by atoms with Crippen LogP contribution in [-0.2, 0) is 0 Å². The van der Waals surface area contributed by atoms with Crippen LogP contribution in [0.4, 0.5) is 5.82 Å². The van der Waals surface area contributed by atoms with Crippen molar-refractivity contribution in [1.82, 2.24) is 10.2 Å². The Morgan fingerprint density at radius 1 is 1.10 bits per heavy atom. The number of halogens is 1. The molecule has 4 nitrogen and oxygen atoms in total. The molecule has 0 aliphatic heterocycles. The number of anilines is 1. The zero-order valence-electron chi connectivity index (χ0n) is 12.8. The molecule has 2 rings (SSSR count). The van der Waals surface area contributed by atoms with Gasteiger partial charge < -0.3 is 10.1 Å². The van der Waals surface area contributed by atoms with Gasteiger partial charge in [-0.2, -0.15) is 0 Å². The van der Waals surface area contributed by atoms with E-state index in [4.69, 9.17) is 16.3 Å². The molecule has 1 unspecified atom stereocenters. The molecule has 0 bridgehead atoms. The van der Waals surface area contributed by atoms with E-state index in [-0.39, 0.29) is 6.04 Å². The molecule has 0 aliphatic carbocycles. The Morgan fingerprint density at radius 2 is 1.76 bits per heavy atom. The van der Waals surface area contributed by atoms with Gasteiger partial charge in [-0.25, -0.2) is 0 Å². The minimum absolute atomic E-state index is 0.111. The zero-order chi connectivity index (χ0) is 15.4. The number of aromatic nitrogens is 2. The third kappa shape index (κ3) is 4.08. The highest BCUT2D eigenvalue weighted by Gasteiger charge is 2.11. The van der Waals surface area contributed by atoms with Crippen LogP contribution < -0.4 is 10.1 Å². The Bertz CT molecular complexity index is 614. The molecule has 0 saturated heterocycles. The van der Waals surface area contributed by atoms with Crippen LogP contribution >= 0.6 is 11.6 Å². The molecule has 0 amide bonds. The zero-order valence-corrected chi connectivity index (χ0v) is 13.5. The van der Waals surface area contributed by atoms with Crippen molar-refractivity contribution >= 4 is 17.4 Å². The van der Waals surface area contributed by atoms with Gasteiger partial charge in [0.15, 0.2) is 11.0 Å². The Kier molecular flexibility index (Phi) is 5.02. The second-order valence-electron chi connectivity index (χ2n) is 5.26. The summed E-state index contributed by atoms with van der Waals surface area (Å²) in [6.45, 7) is 8.56. The fourth-order valence-corrected chi connectivity index (χ4v) is 2.02. The summed E-state index contributed by atoms with van der Waals surface area (Å²) in [6.07, 6.45) is 0. The molecular formula is C16H20ClN3O. The summed E-state index contributed by atoms with van der Waals surface area (Å²) in [5.41, 5.74) is 3.18. The van der Waals surface area contributed by atoms with Gasteiger partial charge in [0, 0.05) is 0 Å². The quantitative estimate of drug-likeness (QED) is 0.909. The van der Waals surface area contributed by atoms with Crippen molar-refractivity contribution in [3.05, 3.63) is 46.1 Å². The van der Waals surface area contributed by atoms with E-state index in [9.17, 15) is 0 Å². The molecule has 5 heteroatoms. The van der Waals surface area contributed by atoms with Crippen LogP contribution in [0, 0.1) is 20.8 Å². The molecule has 0 fully saturated rings. The number of nitrogens with zero attached hydrogens (tertiary/aromatic N) is 2. The van der Waals surface area contributed by atoms with E-state index in [0.29, 0.717) is 11.8 Å². The molecule has 2 aromatic rings. The predicted molar refractivity (Wildman–Crippen MR) is 86.3 cm³/mol. The summed E-state index contributed by atoms with van der Waals surface area (Å²) in [7, 11) is 0. The molecular weight excluding hydrogens is 286 g/mol. The van der Waals surface area contributed by atoms with E-state index in [0.717, 1.165) is 22.7 Å². The number of nitrogens with one attached hydrogen (secondary N) is 1. The van der Waals surface area contributed by atoms with Crippen molar-refractivity contribution in [2.45, 2.75) is 33.7 Å². The van der Waals surface area contributed by atoms with Crippen molar-refractivity contribution in [3.63, 3.8) is 0 Å². The van der Waals surface area contributed by atoms with E-state index >= 15 is 0 Å². The van der Waals surface area contributed by atoms with Gasteiger partial charge in [-0.15, -0.1) is 10.2 Å². The first-order chi connectivity index (χ1) is 9.97. The molecule has 21 heavy (non-hydrogen) atoms. The third-order valence-electron chi connectivity index (χ3n) is 3.37. The topological polar surface area (TPSA) is 47.0 Å². The standard InChI is InChI=1S/C16H20ClN3O/c1-10-5-7-14(8-6-10)21-9-11(2)18-16-13(4)12(3)15(17)19-20-16/h5-8,11H,9H2,1-4H3,(H,18,20). The predicted octanol–water partition coefficient (Wildman–Crippen LogP) is 3.93. The Labute approximate surface area is 130 Å². The van der Waals surface area contributed by atoms with Crippen LogP contribution in [0.15, 0.2) is 24.3 Å². The van der Waals surface area contributed by atoms with Crippen LogP contribution in [0.5, 0.6) is 5.75 Å². The molecule has 0 saturated carbocycles. The molecule has 1 N–H and O–H groups in total. The Balaban J connectivity index is 1.94. The highest BCUT2D eigenvalue weighted by atomic mass is 35.5. The average Bonchev–Trinajstić information content (AvgIpc) is 2.47. The first kappa shape index (κ1) is 15.6. The van der Waals surface area contributed by atoms with Crippen LogP contribution in [0.2, 0.25) is 5.15 Å². The maximum absolute atomic E-state index is 5.95. The lowest BCUT2D eigenvalue weighted by atomic mass is 10.2. The summed E-state index contributed by atoms with van der Waals surface area (Å²) in [5.74, 6) is 1.61. The van der Waals surface area contributed by atoms with Crippen LogP contribution in [0.1, 0.15) is 23.6 Å². The lowest BCUT2D eigenvalue weighted by molar-refractivity contribution is 0.303. The maximum Gasteiger partial charge on any atom is 0.155 e. The Hall–Kier alpha value is -1.81. The van der Waals surface area contributed by atoms with Crippen molar-refractivity contribution in [2.75, 3.05) is 11.9 Å². The monoisotopic (exact) mass is 305 g/mol. The molecule has 112 valence electrons. The Morgan fingerprint density at radius 3 is 2.43 bits per heavy atom. The second-order valence-corrected chi connectivity index (χ2v) is 5.62. The lowest BCUT2D eigenvalue weighted by Gasteiger charge is -2.17. The molecule has 0 radical (unpaired) electrons. The smallest absolute Gasteiger partial charge is 0.155 e. The van der Waals surface area contributed by atoms with Gasteiger partial charge in [0.25, 0.3) is 0 Å². The number of hydrogen-bond donors (Lipinski definition) is 1. The first-order valence-corrected chi connectivity index (χ1v) is 7.30. The highest BCUT2D eigenvalue weighted by Crippen LogP contribution is 2.21. The molecule has 1 atom stereocenters. The number of rotatable bonds is 5. The molecule has 1 aromatic carbocycles. The average molecular weight is 306 g/mol. The van der Waals surface area contributed by atoms with Crippen molar-refractivity contribution in [2.24, 2.45) is 0 Å².